The molecule has 0 aliphatic carbocycles. The Balaban J connectivity index is 1.86. The van der Waals surface area contributed by atoms with Gasteiger partial charge in [0.05, 0.1) is 6.42 Å². The predicted octanol–water partition coefficient (Wildman–Crippen LogP) is 3.31. The minimum atomic E-state index is -0.334. The topological polar surface area (TPSA) is 70.2 Å². The molecular weight excluding hydrogens is 309 g/mol. The van der Waals surface area contributed by atoms with Crippen molar-refractivity contribution in [1.82, 2.24) is 5.32 Å². The summed E-state index contributed by atoms with van der Waals surface area (Å²) in [5.74, 6) is -0.537. The van der Waals surface area contributed by atoms with Crippen LogP contribution in [0, 0.1) is 5.82 Å². The highest BCUT2D eigenvalue weighted by atomic mass is 19.1. The number of anilines is 2. The maximum atomic E-state index is 12.8. The fourth-order valence-electron chi connectivity index (χ4n) is 1.97. The van der Waals surface area contributed by atoms with E-state index in [4.69, 9.17) is 0 Å². The van der Waals surface area contributed by atoms with Gasteiger partial charge in [-0.05, 0) is 42.0 Å². The number of hydrogen-bond acceptors (Lipinski definition) is 2. The quantitative estimate of drug-likeness (QED) is 0.712. The Labute approximate surface area is 139 Å². The van der Waals surface area contributed by atoms with E-state index in [0.29, 0.717) is 17.9 Å². The van der Waals surface area contributed by atoms with E-state index in [0.717, 1.165) is 5.56 Å². The fraction of sp³-hybridized carbons (Fsp3) is 0.111. The van der Waals surface area contributed by atoms with Crippen molar-refractivity contribution in [3.05, 3.63) is 72.6 Å². The van der Waals surface area contributed by atoms with Gasteiger partial charge in [0.25, 0.3) is 0 Å². The summed E-state index contributed by atoms with van der Waals surface area (Å²) in [6, 6.07) is 12.2. The molecule has 0 spiro atoms. The molecule has 2 aromatic rings. The lowest BCUT2D eigenvalue weighted by Crippen LogP contribution is -2.28. The number of amides is 3. The van der Waals surface area contributed by atoms with Gasteiger partial charge in [0, 0.05) is 17.9 Å². The van der Waals surface area contributed by atoms with E-state index in [2.05, 4.69) is 22.5 Å². The highest BCUT2D eigenvalue weighted by Crippen LogP contribution is 2.14. The molecule has 3 N–H and O–H groups in total. The molecule has 3 amide bonds. The number of urea groups is 1. The maximum absolute atomic E-state index is 12.8. The number of carbonyl (C=O) groups excluding carboxylic acids is 2. The summed E-state index contributed by atoms with van der Waals surface area (Å²) in [6.07, 6.45) is 1.74. The van der Waals surface area contributed by atoms with E-state index in [1.165, 1.54) is 12.1 Å². The van der Waals surface area contributed by atoms with Crippen LogP contribution in [-0.2, 0) is 11.2 Å². The van der Waals surface area contributed by atoms with E-state index < -0.39 is 0 Å². The minimum Gasteiger partial charge on any atom is -0.334 e. The molecule has 2 aromatic carbocycles. The Hall–Kier alpha value is -3.15. The second-order valence-corrected chi connectivity index (χ2v) is 5.05. The average Bonchev–Trinajstić information content (AvgIpc) is 2.57. The Morgan fingerprint density at radius 2 is 1.54 bits per heavy atom. The molecule has 0 atom stereocenters. The largest absolute Gasteiger partial charge is 0.334 e. The van der Waals surface area contributed by atoms with E-state index in [1.807, 2.05) is 0 Å². The third-order valence-corrected chi connectivity index (χ3v) is 3.11. The maximum Gasteiger partial charge on any atom is 0.319 e. The zero-order valence-electron chi connectivity index (χ0n) is 13.0. The smallest absolute Gasteiger partial charge is 0.319 e. The molecule has 2 rings (SSSR count). The van der Waals surface area contributed by atoms with E-state index in [-0.39, 0.29) is 24.2 Å². The average molecular weight is 327 g/mol. The summed E-state index contributed by atoms with van der Waals surface area (Å²) < 4.78 is 12.8. The first kappa shape index (κ1) is 17.2. The fourth-order valence-corrected chi connectivity index (χ4v) is 1.97. The Kier molecular flexibility index (Phi) is 6.08. The molecule has 24 heavy (non-hydrogen) atoms. The van der Waals surface area contributed by atoms with Crippen LogP contribution in [-0.4, -0.2) is 18.5 Å². The Bertz CT molecular complexity index is 712. The van der Waals surface area contributed by atoms with Crippen LogP contribution in [0.5, 0.6) is 0 Å². The molecule has 0 aromatic heterocycles. The van der Waals surface area contributed by atoms with Crippen LogP contribution in [0.1, 0.15) is 5.56 Å². The molecule has 0 saturated heterocycles. The van der Waals surface area contributed by atoms with Crippen molar-refractivity contribution >= 4 is 23.3 Å². The van der Waals surface area contributed by atoms with Crippen molar-refractivity contribution in [1.29, 1.82) is 0 Å². The molecule has 124 valence electrons. The number of halogens is 1. The van der Waals surface area contributed by atoms with Crippen molar-refractivity contribution in [2.45, 2.75) is 6.42 Å². The van der Waals surface area contributed by atoms with Gasteiger partial charge in [-0.25, -0.2) is 9.18 Å². The standard InChI is InChI=1S/C18H18FN3O2/c1-2-11-20-18(24)22-16-9-7-15(8-10-16)21-17(23)12-13-3-5-14(19)6-4-13/h2-10H,1,11-12H2,(H,21,23)(H2,20,22,24). The number of carbonyl (C=O) groups is 2. The van der Waals surface area contributed by atoms with Crippen molar-refractivity contribution < 1.29 is 14.0 Å². The van der Waals surface area contributed by atoms with Crippen LogP contribution in [0.15, 0.2) is 61.2 Å². The molecule has 0 radical (unpaired) electrons. The van der Waals surface area contributed by atoms with E-state index >= 15 is 0 Å². The summed E-state index contributed by atoms with van der Waals surface area (Å²) in [4.78, 5) is 23.4. The van der Waals surface area contributed by atoms with Gasteiger partial charge in [-0.15, -0.1) is 6.58 Å². The van der Waals surface area contributed by atoms with Crippen molar-refractivity contribution in [2.24, 2.45) is 0 Å². The van der Waals surface area contributed by atoms with Crippen LogP contribution in [0.2, 0.25) is 0 Å². The molecule has 0 bridgehead atoms. The van der Waals surface area contributed by atoms with Crippen molar-refractivity contribution in [2.75, 3.05) is 17.2 Å². The van der Waals surface area contributed by atoms with Gasteiger partial charge in [0.1, 0.15) is 5.82 Å². The summed E-state index contributed by atoms with van der Waals surface area (Å²) in [5.41, 5.74) is 1.94. The number of rotatable bonds is 6. The summed E-state index contributed by atoms with van der Waals surface area (Å²) in [5, 5.41) is 8.00. The lowest BCUT2D eigenvalue weighted by Gasteiger charge is -2.08. The van der Waals surface area contributed by atoms with Crippen molar-refractivity contribution in [3.8, 4) is 0 Å². The molecular formula is C18H18FN3O2. The monoisotopic (exact) mass is 327 g/mol. The summed E-state index contributed by atoms with van der Waals surface area (Å²) in [6.45, 7) is 3.89. The first-order valence-electron chi connectivity index (χ1n) is 7.37. The molecule has 0 aliphatic heterocycles. The lowest BCUT2D eigenvalue weighted by atomic mass is 10.1. The molecule has 5 nitrogen and oxygen atoms in total. The second kappa shape index (κ2) is 8.47. The third kappa shape index (κ3) is 5.57. The number of hydrogen-bond donors (Lipinski definition) is 3. The highest BCUT2D eigenvalue weighted by molar-refractivity contribution is 5.93. The first-order valence-corrected chi connectivity index (χ1v) is 7.37. The lowest BCUT2D eigenvalue weighted by molar-refractivity contribution is -0.115. The van der Waals surface area contributed by atoms with Gasteiger partial charge in [-0.1, -0.05) is 18.2 Å². The van der Waals surface area contributed by atoms with Crippen molar-refractivity contribution in [3.63, 3.8) is 0 Å². The summed E-state index contributed by atoms with van der Waals surface area (Å²) >= 11 is 0. The van der Waals surface area contributed by atoms with E-state index in [1.54, 1.807) is 42.5 Å². The molecule has 0 fully saturated rings. The highest BCUT2D eigenvalue weighted by Gasteiger charge is 2.05. The zero-order chi connectivity index (χ0) is 17.4. The van der Waals surface area contributed by atoms with Gasteiger partial charge in [0.2, 0.25) is 5.91 Å². The van der Waals surface area contributed by atoms with Gasteiger partial charge >= 0.3 is 6.03 Å². The third-order valence-electron chi connectivity index (χ3n) is 3.11. The van der Waals surface area contributed by atoms with Crippen LogP contribution >= 0.6 is 0 Å². The molecule has 0 aliphatic rings. The normalized spacial score (nSPS) is 9.88. The van der Waals surface area contributed by atoms with Gasteiger partial charge in [0.15, 0.2) is 0 Å². The SMILES string of the molecule is C=CCNC(=O)Nc1ccc(NC(=O)Cc2ccc(F)cc2)cc1. The first-order chi connectivity index (χ1) is 11.6. The van der Waals surface area contributed by atoms with E-state index in [9.17, 15) is 14.0 Å². The van der Waals surface area contributed by atoms with Gasteiger partial charge in [-0.2, -0.15) is 0 Å². The zero-order valence-corrected chi connectivity index (χ0v) is 13.0. The predicted molar refractivity (Wildman–Crippen MR) is 92.4 cm³/mol. The van der Waals surface area contributed by atoms with Crippen LogP contribution in [0.3, 0.4) is 0 Å². The molecule has 0 heterocycles. The number of benzene rings is 2. The Morgan fingerprint density at radius 3 is 2.12 bits per heavy atom. The van der Waals surface area contributed by atoms with Crippen LogP contribution < -0.4 is 16.0 Å². The second-order valence-electron chi connectivity index (χ2n) is 5.05. The number of nitrogens with one attached hydrogen (secondary N) is 3. The van der Waals surface area contributed by atoms with Gasteiger partial charge < -0.3 is 16.0 Å². The van der Waals surface area contributed by atoms with Gasteiger partial charge in [-0.3, -0.25) is 4.79 Å². The molecule has 0 unspecified atom stereocenters. The minimum absolute atomic E-state index is 0.157. The summed E-state index contributed by atoms with van der Waals surface area (Å²) in [7, 11) is 0. The molecule has 0 saturated carbocycles. The Morgan fingerprint density at radius 1 is 0.958 bits per heavy atom. The van der Waals surface area contributed by atoms with Crippen LogP contribution in [0.4, 0.5) is 20.6 Å². The van der Waals surface area contributed by atoms with Crippen LogP contribution in [0.25, 0.3) is 0 Å². The molecule has 6 heteroatoms.